The van der Waals surface area contributed by atoms with Crippen LogP contribution in [0.3, 0.4) is 0 Å². The Morgan fingerprint density at radius 1 is 1.25 bits per heavy atom. The first kappa shape index (κ1) is 12.0. The lowest BCUT2D eigenvalue weighted by Crippen LogP contribution is -2.12. The Kier molecular flexibility index (Phi) is 3.59. The Morgan fingerprint density at radius 3 is 2.62 bits per heavy atom. The summed E-state index contributed by atoms with van der Waals surface area (Å²) in [6, 6.07) is 6.62. The van der Waals surface area contributed by atoms with Gasteiger partial charge in [-0.3, -0.25) is 0 Å². The predicted octanol–water partition coefficient (Wildman–Crippen LogP) is 5.02. The lowest BCUT2D eigenvalue weighted by Gasteiger charge is -2.23. The molecule has 1 heteroatoms. The van der Waals surface area contributed by atoms with Crippen LogP contribution in [0.25, 0.3) is 0 Å². The molecule has 1 aliphatic carbocycles. The van der Waals surface area contributed by atoms with Crippen molar-refractivity contribution in [1.29, 1.82) is 0 Å². The fourth-order valence-electron chi connectivity index (χ4n) is 2.90. The zero-order chi connectivity index (χ0) is 11.7. The van der Waals surface area contributed by atoms with Crippen LogP contribution in [-0.4, -0.2) is 0 Å². The Morgan fingerprint density at radius 2 is 2.00 bits per heavy atom. The molecule has 0 N–H and O–H groups in total. The molecule has 2 rings (SSSR count). The third-order valence-electron chi connectivity index (χ3n) is 4.04. The summed E-state index contributed by atoms with van der Waals surface area (Å²) in [4.78, 5) is 0. The van der Waals surface area contributed by atoms with E-state index in [4.69, 9.17) is 11.6 Å². The number of hydrogen-bond acceptors (Lipinski definition) is 0. The fraction of sp³-hybridized carbons (Fsp3) is 0.600. The third kappa shape index (κ3) is 2.27. The van der Waals surface area contributed by atoms with Crippen molar-refractivity contribution in [2.45, 2.75) is 45.4 Å². The molecule has 0 nitrogen and oxygen atoms in total. The van der Waals surface area contributed by atoms with Crippen molar-refractivity contribution in [3.05, 3.63) is 34.9 Å². The number of hydrogen-bond donors (Lipinski definition) is 0. The molecule has 0 bridgehead atoms. The zero-order valence-corrected chi connectivity index (χ0v) is 11.2. The molecule has 0 radical (unpaired) electrons. The molecule has 3 atom stereocenters. The molecule has 1 fully saturated rings. The van der Waals surface area contributed by atoms with Crippen molar-refractivity contribution in [3.8, 4) is 0 Å². The van der Waals surface area contributed by atoms with Gasteiger partial charge >= 0.3 is 0 Å². The Balaban J connectivity index is 2.25. The number of alkyl halides is 1. The molecule has 88 valence electrons. The van der Waals surface area contributed by atoms with Crippen LogP contribution in [0, 0.1) is 25.7 Å². The van der Waals surface area contributed by atoms with Crippen molar-refractivity contribution in [1.82, 2.24) is 0 Å². The van der Waals surface area contributed by atoms with E-state index in [1.807, 2.05) is 0 Å². The van der Waals surface area contributed by atoms with Crippen molar-refractivity contribution in [2.24, 2.45) is 11.8 Å². The molecule has 1 saturated carbocycles. The summed E-state index contributed by atoms with van der Waals surface area (Å²) >= 11 is 6.68. The first-order valence-electron chi connectivity index (χ1n) is 6.31. The van der Waals surface area contributed by atoms with Gasteiger partial charge in [0.25, 0.3) is 0 Å². The van der Waals surface area contributed by atoms with Crippen LogP contribution in [0.2, 0.25) is 0 Å². The first-order chi connectivity index (χ1) is 7.59. The minimum absolute atomic E-state index is 0.206. The quantitative estimate of drug-likeness (QED) is 0.633. The molecule has 1 aromatic rings. The van der Waals surface area contributed by atoms with Gasteiger partial charge in [0.2, 0.25) is 0 Å². The minimum atomic E-state index is 0.206. The highest BCUT2D eigenvalue weighted by molar-refractivity contribution is 6.21. The van der Waals surface area contributed by atoms with E-state index in [2.05, 4.69) is 39.0 Å². The van der Waals surface area contributed by atoms with Gasteiger partial charge in [-0.15, -0.1) is 11.6 Å². The van der Waals surface area contributed by atoms with Gasteiger partial charge in [-0.1, -0.05) is 43.5 Å². The average molecular weight is 237 g/mol. The summed E-state index contributed by atoms with van der Waals surface area (Å²) in [6.45, 7) is 6.66. The molecule has 3 unspecified atom stereocenters. The largest absolute Gasteiger partial charge is 0.118 e. The normalized spacial score (nSPS) is 27.0. The molecule has 0 spiro atoms. The third-order valence-corrected chi connectivity index (χ3v) is 4.59. The van der Waals surface area contributed by atoms with Gasteiger partial charge in [-0.05, 0) is 43.2 Å². The number of halogens is 1. The molecule has 16 heavy (non-hydrogen) atoms. The summed E-state index contributed by atoms with van der Waals surface area (Å²) in [6.07, 6.45) is 3.99. The Hall–Kier alpha value is -0.490. The summed E-state index contributed by atoms with van der Waals surface area (Å²) in [5, 5.41) is 0.206. The molecule has 0 aromatic heterocycles. The lowest BCUT2D eigenvalue weighted by molar-refractivity contribution is 0.405. The molecule has 0 saturated heterocycles. The van der Waals surface area contributed by atoms with E-state index in [-0.39, 0.29) is 5.38 Å². The van der Waals surface area contributed by atoms with Gasteiger partial charge < -0.3 is 0 Å². The van der Waals surface area contributed by atoms with Gasteiger partial charge in [0, 0.05) is 0 Å². The lowest BCUT2D eigenvalue weighted by atomic mass is 9.88. The highest BCUT2D eigenvalue weighted by Gasteiger charge is 2.31. The SMILES string of the molecule is Cc1ccc(C)c(C(Cl)C2CCCC2C)c1. The van der Waals surface area contributed by atoms with Crippen LogP contribution < -0.4 is 0 Å². The summed E-state index contributed by atoms with van der Waals surface area (Å²) < 4.78 is 0. The number of benzene rings is 1. The molecule has 1 aliphatic rings. The highest BCUT2D eigenvalue weighted by atomic mass is 35.5. The molecular formula is C15H21Cl. The number of rotatable bonds is 2. The summed E-state index contributed by atoms with van der Waals surface area (Å²) in [7, 11) is 0. The molecule has 1 aromatic carbocycles. The van der Waals surface area contributed by atoms with Gasteiger partial charge in [0.1, 0.15) is 0 Å². The van der Waals surface area contributed by atoms with Gasteiger partial charge in [0.05, 0.1) is 5.38 Å². The van der Waals surface area contributed by atoms with Crippen LogP contribution in [0.15, 0.2) is 18.2 Å². The van der Waals surface area contributed by atoms with Crippen molar-refractivity contribution < 1.29 is 0 Å². The molecule has 0 heterocycles. The van der Waals surface area contributed by atoms with E-state index in [1.54, 1.807) is 0 Å². The van der Waals surface area contributed by atoms with Crippen LogP contribution >= 0.6 is 11.6 Å². The van der Waals surface area contributed by atoms with Crippen LogP contribution in [0.4, 0.5) is 0 Å². The minimum Gasteiger partial charge on any atom is -0.118 e. The molecule has 0 amide bonds. The van der Waals surface area contributed by atoms with Crippen molar-refractivity contribution in [2.75, 3.05) is 0 Å². The van der Waals surface area contributed by atoms with Gasteiger partial charge in [-0.25, -0.2) is 0 Å². The summed E-state index contributed by atoms with van der Waals surface area (Å²) in [5.41, 5.74) is 4.00. The summed E-state index contributed by atoms with van der Waals surface area (Å²) in [5.74, 6) is 1.45. The highest BCUT2D eigenvalue weighted by Crippen LogP contribution is 2.44. The maximum Gasteiger partial charge on any atom is 0.0618 e. The maximum absolute atomic E-state index is 6.68. The van der Waals surface area contributed by atoms with E-state index < -0.39 is 0 Å². The smallest absolute Gasteiger partial charge is 0.0618 e. The van der Waals surface area contributed by atoms with Crippen LogP contribution in [0.1, 0.15) is 48.3 Å². The van der Waals surface area contributed by atoms with E-state index >= 15 is 0 Å². The Bertz CT molecular complexity index is 370. The predicted molar refractivity (Wildman–Crippen MR) is 71.0 cm³/mol. The first-order valence-corrected chi connectivity index (χ1v) is 6.74. The van der Waals surface area contributed by atoms with Crippen LogP contribution in [-0.2, 0) is 0 Å². The maximum atomic E-state index is 6.68. The Labute approximate surface area is 104 Å². The number of aryl methyl sites for hydroxylation is 2. The van der Waals surface area contributed by atoms with Gasteiger partial charge in [0.15, 0.2) is 0 Å². The second-order valence-electron chi connectivity index (χ2n) is 5.33. The van der Waals surface area contributed by atoms with Crippen LogP contribution in [0.5, 0.6) is 0 Å². The second kappa shape index (κ2) is 4.79. The fourth-order valence-corrected chi connectivity index (χ4v) is 3.51. The van der Waals surface area contributed by atoms with Crippen molar-refractivity contribution in [3.63, 3.8) is 0 Å². The van der Waals surface area contributed by atoms with E-state index in [0.29, 0.717) is 5.92 Å². The molecule has 0 aliphatic heterocycles. The topological polar surface area (TPSA) is 0 Å². The van der Waals surface area contributed by atoms with E-state index in [1.165, 1.54) is 36.0 Å². The van der Waals surface area contributed by atoms with E-state index in [0.717, 1.165) is 5.92 Å². The van der Waals surface area contributed by atoms with E-state index in [9.17, 15) is 0 Å². The van der Waals surface area contributed by atoms with Crippen molar-refractivity contribution >= 4 is 11.6 Å². The monoisotopic (exact) mass is 236 g/mol. The molecular weight excluding hydrogens is 216 g/mol. The van der Waals surface area contributed by atoms with Gasteiger partial charge in [-0.2, -0.15) is 0 Å². The average Bonchev–Trinajstić information content (AvgIpc) is 2.67. The zero-order valence-electron chi connectivity index (χ0n) is 10.5. The second-order valence-corrected chi connectivity index (χ2v) is 5.80. The standard InChI is InChI=1S/C15H21Cl/c1-10-7-8-12(3)14(9-10)15(16)13-6-4-5-11(13)2/h7-9,11,13,15H,4-6H2,1-3H3.